The first-order valence-electron chi connectivity index (χ1n) is 6.29. The normalized spacial score (nSPS) is 15.9. The lowest BCUT2D eigenvalue weighted by Gasteiger charge is -2.24. The number of rotatable bonds is 5. The van der Waals surface area contributed by atoms with Crippen LogP contribution in [0, 0.1) is 0 Å². The Morgan fingerprint density at radius 3 is 2.35 bits per heavy atom. The molecule has 1 heterocycles. The van der Waals surface area contributed by atoms with E-state index in [1.165, 1.54) is 0 Å². The average molecular weight is 279 g/mol. The summed E-state index contributed by atoms with van der Waals surface area (Å²) in [5.41, 5.74) is 1.05. The van der Waals surface area contributed by atoms with E-state index in [0.717, 1.165) is 5.56 Å². The number of ether oxygens (including phenoxy) is 3. The molecule has 0 spiro atoms. The first-order valence-corrected chi connectivity index (χ1v) is 6.29. The minimum absolute atomic E-state index is 0.152. The summed E-state index contributed by atoms with van der Waals surface area (Å²) in [5.74, 6) is 0.356. The molecule has 1 aromatic carbocycles. The van der Waals surface area contributed by atoms with Gasteiger partial charge in [0.25, 0.3) is 0 Å². The van der Waals surface area contributed by atoms with Crippen LogP contribution in [0.1, 0.15) is 5.56 Å². The van der Waals surface area contributed by atoms with Gasteiger partial charge in [0.2, 0.25) is 0 Å². The number of cyclic esters (lactones) is 2. The van der Waals surface area contributed by atoms with Gasteiger partial charge in [-0.25, -0.2) is 0 Å². The Kier molecular flexibility index (Phi) is 4.57. The fourth-order valence-corrected chi connectivity index (χ4v) is 2.09. The molecular weight excluding hydrogens is 262 g/mol. The summed E-state index contributed by atoms with van der Waals surface area (Å²) >= 11 is 0. The maximum absolute atomic E-state index is 11.2. The molecule has 2 rings (SSSR count). The van der Waals surface area contributed by atoms with Crippen molar-refractivity contribution in [1.82, 2.24) is 4.90 Å². The van der Waals surface area contributed by atoms with Crippen LogP contribution in [0.5, 0.6) is 11.5 Å². The summed E-state index contributed by atoms with van der Waals surface area (Å²) in [7, 11) is 3.17. The SMILES string of the molecule is COc1ccc(CCN2CC(=O)OC(=O)C2)cc1OC. The molecule has 1 aromatic rings. The molecule has 0 aliphatic carbocycles. The van der Waals surface area contributed by atoms with Crippen molar-refractivity contribution in [3.8, 4) is 11.5 Å². The van der Waals surface area contributed by atoms with E-state index < -0.39 is 11.9 Å². The number of morpholine rings is 1. The van der Waals surface area contributed by atoms with E-state index in [0.29, 0.717) is 24.5 Å². The number of carbonyl (C=O) groups is 2. The predicted molar refractivity (Wildman–Crippen MR) is 70.8 cm³/mol. The minimum Gasteiger partial charge on any atom is -0.493 e. The van der Waals surface area contributed by atoms with Crippen LogP contribution in [0.15, 0.2) is 18.2 Å². The average Bonchev–Trinajstić information content (AvgIpc) is 2.43. The highest BCUT2D eigenvalue weighted by Gasteiger charge is 2.24. The fraction of sp³-hybridized carbons (Fsp3) is 0.429. The predicted octanol–water partition coefficient (Wildman–Crippen LogP) is 0.632. The van der Waals surface area contributed by atoms with Crippen LogP contribution >= 0.6 is 0 Å². The summed E-state index contributed by atoms with van der Waals surface area (Å²) in [6, 6.07) is 5.66. The molecule has 0 aromatic heterocycles. The Morgan fingerprint density at radius 1 is 1.10 bits per heavy atom. The van der Waals surface area contributed by atoms with Gasteiger partial charge in [-0.1, -0.05) is 6.07 Å². The van der Waals surface area contributed by atoms with E-state index in [2.05, 4.69) is 4.74 Å². The number of methoxy groups -OCH3 is 2. The minimum atomic E-state index is -0.492. The standard InChI is InChI=1S/C14H17NO5/c1-18-11-4-3-10(7-12(11)19-2)5-6-15-8-13(16)20-14(17)9-15/h3-4,7H,5-6,8-9H2,1-2H3. The summed E-state index contributed by atoms with van der Waals surface area (Å²) in [6.45, 7) is 0.911. The zero-order valence-corrected chi connectivity index (χ0v) is 11.5. The fourth-order valence-electron chi connectivity index (χ4n) is 2.09. The molecule has 0 amide bonds. The summed E-state index contributed by atoms with van der Waals surface area (Å²) in [5, 5.41) is 0. The molecule has 1 aliphatic rings. The van der Waals surface area contributed by atoms with E-state index in [4.69, 9.17) is 9.47 Å². The maximum atomic E-state index is 11.2. The van der Waals surface area contributed by atoms with Gasteiger partial charge in [-0.15, -0.1) is 0 Å². The molecular formula is C14H17NO5. The monoisotopic (exact) mass is 279 g/mol. The Balaban J connectivity index is 1.96. The molecule has 1 fully saturated rings. The highest BCUT2D eigenvalue weighted by molar-refractivity contribution is 5.90. The van der Waals surface area contributed by atoms with E-state index in [-0.39, 0.29) is 13.1 Å². The van der Waals surface area contributed by atoms with Gasteiger partial charge in [-0.05, 0) is 24.1 Å². The third kappa shape index (κ3) is 3.48. The van der Waals surface area contributed by atoms with Crippen molar-refractivity contribution in [3.63, 3.8) is 0 Å². The van der Waals surface area contributed by atoms with Crippen molar-refractivity contribution in [2.24, 2.45) is 0 Å². The largest absolute Gasteiger partial charge is 0.493 e. The molecule has 0 unspecified atom stereocenters. The molecule has 108 valence electrons. The van der Waals surface area contributed by atoms with Crippen molar-refractivity contribution in [2.75, 3.05) is 33.9 Å². The molecule has 0 atom stereocenters. The first-order chi connectivity index (χ1) is 9.62. The summed E-state index contributed by atoms with van der Waals surface area (Å²) < 4.78 is 14.9. The topological polar surface area (TPSA) is 65.1 Å². The number of esters is 2. The number of hydrogen-bond donors (Lipinski definition) is 0. The highest BCUT2D eigenvalue weighted by atomic mass is 16.6. The number of carbonyl (C=O) groups excluding carboxylic acids is 2. The second-order valence-electron chi connectivity index (χ2n) is 4.50. The van der Waals surface area contributed by atoms with Crippen LogP contribution in [-0.4, -0.2) is 50.7 Å². The van der Waals surface area contributed by atoms with Crippen LogP contribution in [0.25, 0.3) is 0 Å². The van der Waals surface area contributed by atoms with Crippen molar-refractivity contribution in [2.45, 2.75) is 6.42 Å². The first kappa shape index (κ1) is 14.3. The maximum Gasteiger partial charge on any atom is 0.327 e. The molecule has 0 bridgehead atoms. The van der Waals surface area contributed by atoms with Crippen LogP contribution in [0.2, 0.25) is 0 Å². The zero-order valence-electron chi connectivity index (χ0n) is 11.5. The number of benzene rings is 1. The van der Waals surface area contributed by atoms with Gasteiger partial charge in [-0.2, -0.15) is 0 Å². The third-order valence-electron chi connectivity index (χ3n) is 3.10. The Morgan fingerprint density at radius 2 is 1.75 bits per heavy atom. The summed E-state index contributed by atoms with van der Waals surface area (Å²) in [6.07, 6.45) is 0.709. The van der Waals surface area contributed by atoms with E-state index in [9.17, 15) is 9.59 Å². The van der Waals surface area contributed by atoms with Gasteiger partial charge in [0, 0.05) is 6.54 Å². The zero-order chi connectivity index (χ0) is 14.5. The third-order valence-corrected chi connectivity index (χ3v) is 3.10. The van der Waals surface area contributed by atoms with Gasteiger partial charge < -0.3 is 14.2 Å². The lowest BCUT2D eigenvalue weighted by Crippen LogP contribution is -2.43. The van der Waals surface area contributed by atoms with Gasteiger partial charge in [0.1, 0.15) is 0 Å². The van der Waals surface area contributed by atoms with Crippen molar-refractivity contribution in [1.29, 1.82) is 0 Å². The van der Waals surface area contributed by atoms with Gasteiger partial charge >= 0.3 is 11.9 Å². The quantitative estimate of drug-likeness (QED) is 0.582. The Bertz CT molecular complexity index is 498. The molecule has 1 aliphatic heterocycles. The highest BCUT2D eigenvalue weighted by Crippen LogP contribution is 2.27. The van der Waals surface area contributed by atoms with Crippen LogP contribution in [-0.2, 0) is 20.7 Å². The van der Waals surface area contributed by atoms with Crippen LogP contribution in [0.3, 0.4) is 0 Å². The van der Waals surface area contributed by atoms with Crippen molar-refractivity contribution >= 4 is 11.9 Å². The van der Waals surface area contributed by atoms with Gasteiger partial charge in [0.15, 0.2) is 11.5 Å². The molecule has 20 heavy (non-hydrogen) atoms. The molecule has 6 nitrogen and oxygen atoms in total. The molecule has 0 saturated carbocycles. The van der Waals surface area contributed by atoms with E-state index in [1.807, 2.05) is 18.2 Å². The Labute approximate surface area is 117 Å². The van der Waals surface area contributed by atoms with Gasteiger partial charge in [-0.3, -0.25) is 14.5 Å². The molecule has 0 radical (unpaired) electrons. The second-order valence-corrected chi connectivity index (χ2v) is 4.50. The summed E-state index contributed by atoms with van der Waals surface area (Å²) in [4.78, 5) is 24.1. The lowest BCUT2D eigenvalue weighted by atomic mass is 10.1. The van der Waals surface area contributed by atoms with E-state index >= 15 is 0 Å². The van der Waals surface area contributed by atoms with Crippen molar-refractivity contribution < 1.29 is 23.8 Å². The Hall–Kier alpha value is -2.08. The van der Waals surface area contributed by atoms with Crippen LogP contribution in [0.4, 0.5) is 0 Å². The molecule has 1 saturated heterocycles. The lowest BCUT2D eigenvalue weighted by molar-refractivity contribution is -0.166. The number of hydrogen-bond acceptors (Lipinski definition) is 6. The molecule has 6 heteroatoms. The number of nitrogens with zero attached hydrogens (tertiary/aromatic N) is 1. The van der Waals surface area contributed by atoms with E-state index in [1.54, 1.807) is 19.1 Å². The molecule has 0 N–H and O–H groups in total. The van der Waals surface area contributed by atoms with Gasteiger partial charge in [0.05, 0.1) is 27.3 Å². The van der Waals surface area contributed by atoms with Crippen LogP contribution < -0.4 is 9.47 Å². The smallest absolute Gasteiger partial charge is 0.327 e. The van der Waals surface area contributed by atoms with Crippen molar-refractivity contribution in [3.05, 3.63) is 23.8 Å². The second kappa shape index (κ2) is 6.38.